The van der Waals surface area contributed by atoms with Crippen molar-refractivity contribution < 1.29 is 8.81 Å². The Kier molecular flexibility index (Phi) is 3.43. The third-order valence-corrected chi connectivity index (χ3v) is 2.82. The second-order valence-corrected chi connectivity index (χ2v) is 3.92. The molecule has 2 aromatic rings. The van der Waals surface area contributed by atoms with E-state index in [1.807, 2.05) is 6.08 Å². The first-order valence-electron chi connectivity index (χ1n) is 5.72. The lowest BCUT2D eigenvalue weighted by atomic mass is 10.0. The maximum Gasteiger partial charge on any atom is 0.137 e. The van der Waals surface area contributed by atoms with Crippen molar-refractivity contribution in [2.75, 3.05) is 0 Å². The molecule has 0 amide bonds. The van der Waals surface area contributed by atoms with Gasteiger partial charge >= 0.3 is 0 Å². The third kappa shape index (κ3) is 2.31. The van der Waals surface area contributed by atoms with Crippen molar-refractivity contribution in [3.05, 3.63) is 60.1 Å². The largest absolute Gasteiger partial charge is 0.464 e. The lowest BCUT2D eigenvalue weighted by molar-refractivity contribution is 0.576. The number of aryl methyl sites for hydroxylation is 1. The standard InChI is InChI=1S/C15H15FO/c1-3-5-14-11(4-2)10-17-15(14)12-6-8-13(16)9-7-12/h3,6-10H,1,4-5H2,2H3. The molecule has 0 aliphatic rings. The van der Waals surface area contributed by atoms with Gasteiger partial charge in [0.25, 0.3) is 0 Å². The Hall–Kier alpha value is -1.83. The summed E-state index contributed by atoms with van der Waals surface area (Å²) in [5, 5.41) is 0. The van der Waals surface area contributed by atoms with Gasteiger partial charge in [0.1, 0.15) is 11.6 Å². The molecule has 0 aliphatic heterocycles. The van der Waals surface area contributed by atoms with E-state index >= 15 is 0 Å². The molecule has 0 radical (unpaired) electrons. The Balaban J connectivity index is 2.47. The van der Waals surface area contributed by atoms with Crippen molar-refractivity contribution >= 4 is 0 Å². The lowest BCUT2D eigenvalue weighted by Gasteiger charge is -2.02. The molecule has 1 nitrogen and oxygen atoms in total. The molecular formula is C15H15FO. The zero-order valence-corrected chi connectivity index (χ0v) is 9.87. The number of hydrogen-bond acceptors (Lipinski definition) is 1. The van der Waals surface area contributed by atoms with Crippen molar-refractivity contribution in [1.82, 2.24) is 0 Å². The van der Waals surface area contributed by atoms with Crippen LogP contribution in [0.1, 0.15) is 18.1 Å². The van der Waals surface area contributed by atoms with E-state index in [0.717, 1.165) is 29.7 Å². The molecule has 0 aliphatic carbocycles. The molecular weight excluding hydrogens is 215 g/mol. The van der Waals surface area contributed by atoms with Gasteiger partial charge in [-0.1, -0.05) is 13.0 Å². The molecule has 0 saturated carbocycles. The number of halogens is 1. The summed E-state index contributed by atoms with van der Waals surface area (Å²) in [5.41, 5.74) is 3.24. The first kappa shape index (κ1) is 11.6. The summed E-state index contributed by atoms with van der Waals surface area (Å²) in [7, 11) is 0. The van der Waals surface area contributed by atoms with E-state index in [-0.39, 0.29) is 5.82 Å². The highest BCUT2D eigenvalue weighted by atomic mass is 19.1. The van der Waals surface area contributed by atoms with Gasteiger partial charge in [-0.25, -0.2) is 4.39 Å². The van der Waals surface area contributed by atoms with Crippen LogP contribution in [0.3, 0.4) is 0 Å². The summed E-state index contributed by atoms with van der Waals surface area (Å²) in [6.45, 7) is 5.85. The summed E-state index contributed by atoms with van der Waals surface area (Å²) < 4.78 is 18.5. The van der Waals surface area contributed by atoms with E-state index in [2.05, 4.69) is 13.5 Å². The molecule has 1 aromatic heterocycles. The predicted molar refractivity (Wildman–Crippen MR) is 67.4 cm³/mol. The van der Waals surface area contributed by atoms with E-state index in [1.54, 1.807) is 18.4 Å². The van der Waals surface area contributed by atoms with Gasteiger partial charge in [0.15, 0.2) is 0 Å². The monoisotopic (exact) mass is 230 g/mol. The van der Waals surface area contributed by atoms with Crippen LogP contribution in [0.25, 0.3) is 11.3 Å². The number of rotatable bonds is 4. The maximum atomic E-state index is 12.9. The number of hydrogen-bond donors (Lipinski definition) is 0. The van der Waals surface area contributed by atoms with Gasteiger partial charge in [0.2, 0.25) is 0 Å². The predicted octanol–water partition coefficient (Wildman–Crippen LogP) is 4.38. The van der Waals surface area contributed by atoms with Gasteiger partial charge in [-0.05, 0) is 42.7 Å². The third-order valence-electron chi connectivity index (χ3n) is 2.82. The molecule has 2 heteroatoms. The van der Waals surface area contributed by atoms with Crippen molar-refractivity contribution in [2.24, 2.45) is 0 Å². The van der Waals surface area contributed by atoms with Gasteiger partial charge in [-0.2, -0.15) is 0 Å². The zero-order valence-electron chi connectivity index (χ0n) is 9.87. The van der Waals surface area contributed by atoms with E-state index < -0.39 is 0 Å². The lowest BCUT2D eigenvalue weighted by Crippen LogP contribution is -1.88. The van der Waals surface area contributed by atoms with Crippen LogP contribution in [-0.4, -0.2) is 0 Å². The first-order valence-corrected chi connectivity index (χ1v) is 5.72. The Labute approximate surface area is 101 Å². The minimum absolute atomic E-state index is 0.235. The fourth-order valence-corrected chi connectivity index (χ4v) is 1.93. The minimum Gasteiger partial charge on any atom is -0.464 e. The van der Waals surface area contributed by atoms with Crippen molar-refractivity contribution in [2.45, 2.75) is 19.8 Å². The van der Waals surface area contributed by atoms with Crippen LogP contribution in [0, 0.1) is 5.82 Å². The van der Waals surface area contributed by atoms with E-state index in [0.29, 0.717) is 0 Å². The molecule has 0 fully saturated rings. The van der Waals surface area contributed by atoms with Gasteiger partial charge < -0.3 is 4.42 Å². The average Bonchev–Trinajstić information content (AvgIpc) is 2.74. The summed E-state index contributed by atoms with van der Waals surface area (Å²) >= 11 is 0. The molecule has 0 atom stereocenters. The first-order chi connectivity index (χ1) is 8.26. The molecule has 1 aromatic carbocycles. The topological polar surface area (TPSA) is 13.1 Å². The van der Waals surface area contributed by atoms with Crippen molar-refractivity contribution in [3.8, 4) is 11.3 Å². The molecule has 0 unspecified atom stereocenters. The van der Waals surface area contributed by atoms with Crippen LogP contribution in [0.4, 0.5) is 4.39 Å². The van der Waals surface area contributed by atoms with E-state index in [9.17, 15) is 4.39 Å². The van der Waals surface area contributed by atoms with E-state index in [1.165, 1.54) is 17.7 Å². The van der Waals surface area contributed by atoms with Gasteiger partial charge in [0.05, 0.1) is 6.26 Å². The van der Waals surface area contributed by atoms with Crippen LogP contribution in [0.5, 0.6) is 0 Å². The molecule has 2 rings (SSSR count). The Bertz CT molecular complexity index is 508. The Morgan fingerprint density at radius 1 is 1.29 bits per heavy atom. The molecule has 0 N–H and O–H groups in total. The Morgan fingerprint density at radius 2 is 2.00 bits per heavy atom. The van der Waals surface area contributed by atoms with E-state index in [4.69, 9.17) is 4.42 Å². The van der Waals surface area contributed by atoms with Crippen molar-refractivity contribution in [1.29, 1.82) is 0 Å². The second-order valence-electron chi connectivity index (χ2n) is 3.92. The number of benzene rings is 1. The molecule has 1 heterocycles. The molecule has 0 spiro atoms. The highest BCUT2D eigenvalue weighted by Gasteiger charge is 2.12. The van der Waals surface area contributed by atoms with Crippen LogP contribution in [0.2, 0.25) is 0 Å². The van der Waals surface area contributed by atoms with Gasteiger partial charge in [-0.15, -0.1) is 6.58 Å². The quantitative estimate of drug-likeness (QED) is 0.710. The summed E-state index contributed by atoms with van der Waals surface area (Å²) in [4.78, 5) is 0. The van der Waals surface area contributed by atoms with Crippen LogP contribution in [0.15, 0.2) is 47.6 Å². The zero-order chi connectivity index (χ0) is 12.3. The fourth-order valence-electron chi connectivity index (χ4n) is 1.93. The number of allylic oxidation sites excluding steroid dienone is 1. The second kappa shape index (κ2) is 5.00. The summed E-state index contributed by atoms with van der Waals surface area (Å²) in [6.07, 6.45) is 5.33. The van der Waals surface area contributed by atoms with Gasteiger partial charge in [-0.3, -0.25) is 0 Å². The highest BCUT2D eigenvalue weighted by Crippen LogP contribution is 2.29. The molecule has 0 bridgehead atoms. The smallest absolute Gasteiger partial charge is 0.137 e. The van der Waals surface area contributed by atoms with Crippen LogP contribution < -0.4 is 0 Å². The van der Waals surface area contributed by atoms with Crippen LogP contribution in [-0.2, 0) is 12.8 Å². The number of furan rings is 1. The highest BCUT2D eigenvalue weighted by molar-refractivity contribution is 5.63. The fraction of sp³-hybridized carbons (Fsp3) is 0.200. The molecule has 17 heavy (non-hydrogen) atoms. The SMILES string of the molecule is C=CCc1c(CC)coc1-c1ccc(F)cc1. The molecule has 88 valence electrons. The minimum atomic E-state index is -0.235. The normalized spacial score (nSPS) is 10.5. The van der Waals surface area contributed by atoms with Gasteiger partial charge in [0, 0.05) is 11.1 Å². The van der Waals surface area contributed by atoms with Crippen molar-refractivity contribution in [3.63, 3.8) is 0 Å². The Morgan fingerprint density at radius 3 is 2.59 bits per heavy atom. The molecule has 0 saturated heterocycles. The average molecular weight is 230 g/mol. The summed E-state index contributed by atoms with van der Waals surface area (Å²) in [5.74, 6) is 0.586. The maximum absolute atomic E-state index is 12.9. The summed E-state index contributed by atoms with van der Waals surface area (Å²) in [6, 6.07) is 6.36. The van der Waals surface area contributed by atoms with Crippen LogP contribution >= 0.6 is 0 Å².